The zero-order valence-electron chi connectivity index (χ0n) is 21.9. The van der Waals surface area contributed by atoms with Crippen molar-refractivity contribution in [2.24, 2.45) is 0 Å². The van der Waals surface area contributed by atoms with Gasteiger partial charge in [0.15, 0.2) is 0 Å². The molecule has 0 radical (unpaired) electrons. The summed E-state index contributed by atoms with van der Waals surface area (Å²) in [7, 11) is 0. The molecule has 0 saturated heterocycles. The number of benzene rings is 9. The Hall–Kier alpha value is -5.20. The summed E-state index contributed by atoms with van der Waals surface area (Å²) in [4.78, 5) is 0. The molecule has 0 saturated carbocycles. The molecular formula is C40H24. The predicted octanol–water partition coefficient (Wildman–Crippen LogP) is 11.4. The van der Waals surface area contributed by atoms with Gasteiger partial charge >= 0.3 is 0 Å². The fraction of sp³-hybridized carbons (Fsp3) is 0. The first-order valence-electron chi connectivity index (χ1n) is 14.0. The second-order valence-corrected chi connectivity index (χ2v) is 10.8. The van der Waals surface area contributed by atoms with Gasteiger partial charge in [-0.2, -0.15) is 0 Å². The van der Waals surface area contributed by atoms with Crippen LogP contribution in [0.5, 0.6) is 0 Å². The molecule has 0 N–H and O–H groups in total. The summed E-state index contributed by atoms with van der Waals surface area (Å²) in [6.45, 7) is 0. The van der Waals surface area contributed by atoms with Gasteiger partial charge in [0.1, 0.15) is 0 Å². The van der Waals surface area contributed by atoms with Crippen molar-refractivity contribution >= 4 is 64.6 Å². The molecule has 0 fully saturated rings. The van der Waals surface area contributed by atoms with Crippen molar-refractivity contribution in [1.82, 2.24) is 0 Å². The van der Waals surface area contributed by atoms with Gasteiger partial charge in [0.05, 0.1) is 0 Å². The van der Waals surface area contributed by atoms with Crippen LogP contribution in [0.4, 0.5) is 0 Å². The first kappa shape index (κ1) is 21.7. The first-order chi connectivity index (χ1) is 19.9. The SMILES string of the molecule is c1ccc(-c2c3ccccc3c3cccc4c5c(-c6ccccc6)c6ccccc6c6cccc(c2c34)c65)cc1. The summed E-state index contributed by atoms with van der Waals surface area (Å²) in [5.74, 6) is 0. The van der Waals surface area contributed by atoms with E-state index in [1.807, 2.05) is 0 Å². The van der Waals surface area contributed by atoms with Gasteiger partial charge in [-0.3, -0.25) is 0 Å². The average molecular weight is 505 g/mol. The van der Waals surface area contributed by atoms with E-state index in [0.29, 0.717) is 0 Å². The smallest absolute Gasteiger partial charge is 0.000763 e. The molecule has 0 heteroatoms. The molecule has 0 bridgehead atoms. The molecule has 9 rings (SSSR count). The Morgan fingerprint density at radius 3 is 0.950 bits per heavy atom. The predicted molar refractivity (Wildman–Crippen MR) is 174 cm³/mol. The van der Waals surface area contributed by atoms with E-state index < -0.39 is 0 Å². The molecule has 0 aromatic heterocycles. The standard InChI is InChI=1S/C40H24/c1-3-13-25(14-4-1)35-29-19-9-7-17-27(29)31-21-12-24-34-37(31)39(35)33-23-11-22-32-28-18-8-10-20-30(28)36(40(34)38(32)33)26-15-5-2-6-16-26/h1-24H. The zero-order chi connectivity index (χ0) is 26.2. The average Bonchev–Trinajstić information content (AvgIpc) is 3.03. The third kappa shape index (κ3) is 2.80. The van der Waals surface area contributed by atoms with Crippen molar-refractivity contribution in [3.8, 4) is 22.3 Å². The Morgan fingerprint density at radius 1 is 0.200 bits per heavy atom. The summed E-state index contributed by atoms with van der Waals surface area (Å²) in [5, 5.41) is 15.9. The van der Waals surface area contributed by atoms with Crippen LogP contribution in [0.3, 0.4) is 0 Å². The van der Waals surface area contributed by atoms with Gasteiger partial charge in [0.25, 0.3) is 0 Å². The Morgan fingerprint density at radius 2 is 0.525 bits per heavy atom. The zero-order valence-corrected chi connectivity index (χ0v) is 21.9. The van der Waals surface area contributed by atoms with Crippen molar-refractivity contribution < 1.29 is 0 Å². The monoisotopic (exact) mass is 504 g/mol. The van der Waals surface area contributed by atoms with Crippen LogP contribution in [-0.2, 0) is 0 Å². The molecule has 9 aromatic carbocycles. The van der Waals surface area contributed by atoms with Crippen LogP contribution < -0.4 is 0 Å². The van der Waals surface area contributed by atoms with E-state index in [2.05, 4.69) is 146 Å². The van der Waals surface area contributed by atoms with Crippen molar-refractivity contribution in [1.29, 1.82) is 0 Å². The van der Waals surface area contributed by atoms with Crippen LogP contribution in [0.2, 0.25) is 0 Å². The number of hydrogen-bond donors (Lipinski definition) is 0. The highest BCUT2D eigenvalue weighted by Crippen LogP contribution is 2.52. The van der Waals surface area contributed by atoms with Crippen molar-refractivity contribution in [2.45, 2.75) is 0 Å². The van der Waals surface area contributed by atoms with E-state index in [4.69, 9.17) is 0 Å². The van der Waals surface area contributed by atoms with Gasteiger partial charge in [-0.1, -0.05) is 146 Å². The van der Waals surface area contributed by atoms with Crippen LogP contribution in [0, 0.1) is 0 Å². The maximum atomic E-state index is 2.35. The molecule has 0 amide bonds. The van der Waals surface area contributed by atoms with Gasteiger partial charge in [0, 0.05) is 0 Å². The maximum Gasteiger partial charge on any atom is -0.000763 e. The number of rotatable bonds is 2. The second-order valence-electron chi connectivity index (χ2n) is 10.8. The Labute approximate surface area is 232 Å². The lowest BCUT2D eigenvalue weighted by Crippen LogP contribution is -1.95. The second kappa shape index (κ2) is 8.15. The molecule has 184 valence electrons. The van der Waals surface area contributed by atoms with Gasteiger partial charge in [-0.25, -0.2) is 0 Å². The van der Waals surface area contributed by atoms with E-state index in [0.717, 1.165) is 0 Å². The van der Waals surface area contributed by atoms with Gasteiger partial charge in [-0.15, -0.1) is 0 Å². The van der Waals surface area contributed by atoms with Gasteiger partial charge < -0.3 is 0 Å². The molecule has 0 atom stereocenters. The molecule has 40 heavy (non-hydrogen) atoms. The van der Waals surface area contributed by atoms with Crippen LogP contribution in [-0.4, -0.2) is 0 Å². The quantitative estimate of drug-likeness (QED) is 0.162. The van der Waals surface area contributed by atoms with Gasteiger partial charge in [-0.05, 0) is 86.9 Å². The molecule has 9 aromatic rings. The van der Waals surface area contributed by atoms with Gasteiger partial charge in [0.2, 0.25) is 0 Å². The highest BCUT2D eigenvalue weighted by Gasteiger charge is 2.23. The van der Waals surface area contributed by atoms with E-state index in [1.165, 1.54) is 86.9 Å². The van der Waals surface area contributed by atoms with E-state index >= 15 is 0 Å². The lowest BCUT2D eigenvalue weighted by atomic mass is 9.79. The van der Waals surface area contributed by atoms with Crippen molar-refractivity contribution in [3.05, 3.63) is 146 Å². The minimum Gasteiger partial charge on any atom is -0.0622 e. The highest BCUT2D eigenvalue weighted by molar-refractivity contribution is 6.44. The third-order valence-electron chi connectivity index (χ3n) is 8.77. The van der Waals surface area contributed by atoms with Crippen molar-refractivity contribution in [3.63, 3.8) is 0 Å². The van der Waals surface area contributed by atoms with Crippen LogP contribution in [0.25, 0.3) is 86.9 Å². The Kier molecular flexibility index (Phi) is 4.42. The normalized spacial score (nSPS) is 12.0. The fourth-order valence-corrected chi connectivity index (χ4v) is 7.25. The van der Waals surface area contributed by atoms with Crippen LogP contribution in [0.15, 0.2) is 146 Å². The molecule has 0 spiro atoms. The first-order valence-corrected chi connectivity index (χ1v) is 14.0. The molecule has 0 aliphatic heterocycles. The van der Waals surface area contributed by atoms with Crippen LogP contribution >= 0.6 is 0 Å². The largest absolute Gasteiger partial charge is 0.0622 e. The molecule has 0 aliphatic rings. The van der Waals surface area contributed by atoms with E-state index in [1.54, 1.807) is 0 Å². The fourth-order valence-electron chi connectivity index (χ4n) is 7.25. The topological polar surface area (TPSA) is 0 Å². The maximum absolute atomic E-state index is 2.35. The Balaban J connectivity index is 1.69. The molecule has 0 aliphatic carbocycles. The molecule has 0 heterocycles. The molecular weight excluding hydrogens is 480 g/mol. The number of hydrogen-bond acceptors (Lipinski definition) is 0. The number of fused-ring (bicyclic) bond motifs is 6. The van der Waals surface area contributed by atoms with Crippen molar-refractivity contribution in [2.75, 3.05) is 0 Å². The third-order valence-corrected chi connectivity index (χ3v) is 8.77. The highest BCUT2D eigenvalue weighted by atomic mass is 14.3. The van der Waals surface area contributed by atoms with E-state index in [-0.39, 0.29) is 0 Å². The summed E-state index contributed by atoms with van der Waals surface area (Å²) in [6.07, 6.45) is 0. The summed E-state index contributed by atoms with van der Waals surface area (Å²) >= 11 is 0. The lowest BCUT2D eigenvalue weighted by Gasteiger charge is -2.23. The minimum absolute atomic E-state index is 1.26. The molecule has 0 unspecified atom stereocenters. The minimum atomic E-state index is 1.26. The summed E-state index contributed by atoms with van der Waals surface area (Å²) in [5.41, 5.74) is 5.16. The van der Waals surface area contributed by atoms with E-state index in [9.17, 15) is 0 Å². The summed E-state index contributed by atoms with van der Waals surface area (Å²) < 4.78 is 0. The Bertz CT molecular complexity index is 2220. The molecule has 0 nitrogen and oxygen atoms in total. The summed E-state index contributed by atoms with van der Waals surface area (Å²) in [6, 6.07) is 53.6. The van der Waals surface area contributed by atoms with Crippen LogP contribution in [0.1, 0.15) is 0 Å². The lowest BCUT2D eigenvalue weighted by molar-refractivity contribution is 1.68.